The molecule has 110 valence electrons. The molecule has 0 aliphatic rings. The van der Waals surface area contributed by atoms with Crippen LogP contribution >= 0.6 is 0 Å². The van der Waals surface area contributed by atoms with Crippen molar-refractivity contribution in [1.29, 1.82) is 0 Å². The first-order valence-corrected chi connectivity index (χ1v) is 7.18. The molecule has 1 unspecified atom stereocenters. The first kappa shape index (κ1) is 13.8. The summed E-state index contributed by atoms with van der Waals surface area (Å²) in [5, 5.41) is 10.5. The molecule has 0 amide bonds. The van der Waals surface area contributed by atoms with E-state index in [1.807, 2.05) is 40.4 Å². The summed E-state index contributed by atoms with van der Waals surface area (Å²) in [6.07, 6.45) is 3.36. The summed E-state index contributed by atoms with van der Waals surface area (Å²) in [5.74, 6) is 0.875. The number of hydrogen-bond acceptors (Lipinski definition) is 3. The van der Waals surface area contributed by atoms with E-state index in [0.717, 1.165) is 22.6 Å². The third kappa shape index (κ3) is 2.45. The molecule has 0 saturated carbocycles. The molecule has 0 bridgehead atoms. The number of benzene rings is 1. The Balaban J connectivity index is 1.91. The van der Waals surface area contributed by atoms with E-state index < -0.39 is 6.10 Å². The lowest BCUT2D eigenvalue weighted by molar-refractivity contribution is 0.164. The first-order chi connectivity index (χ1) is 10.1. The second kappa shape index (κ2) is 5.33. The Bertz CT molecular complexity index is 757. The summed E-state index contributed by atoms with van der Waals surface area (Å²) in [4.78, 5) is 8.76. The molecule has 0 aliphatic carbocycles. The molecule has 21 heavy (non-hydrogen) atoms. The van der Waals surface area contributed by atoms with Crippen LogP contribution in [0, 0.1) is 0 Å². The molecule has 3 rings (SSSR count). The Morgan fingerprint density at radius 2 is 2.00 bits per heavy atom. The van der Waals surface area contributed by atoms with Gasteiger partial charge in [-0.3, -0.25) is 0 Å². The predicted molar refractivity (Wildman–Crippen MR) is 82.0 cm³/mol. The molecule has 5 nitrogen and oxygen atoms in total. The lowest BCUT2D eigenvalue weighted by atomic mass is 10.1. The summed E-state index contributed by atoms with van der Waals surface area (Å²) in [6, 6.07) is 8.28. The van der Waals surface area contributed by atoms with Crippen molar-refractivity contribution in [3.8, 4) is 0 Å². The highest BCUT2D eigenvalue weighted by molar-refractivity contribution is 5.75. The van der Waals surface area contributed by atoms with E-state index >= 15 is 0 Å². The number of aromatic nitrogens is 4. The maximum atomic E-state index is 10.5. The molecule has 0 spiro atoms. The van der Waals surface area contributed by atoms with Gasteiger partial charge in [0, 0.05) is 19.5 Å². The molecular formula is C16H20N4O. The molecule has 0 fully saturated rings. The van der Waals surface area contributed by atoms with Gasteiger partial charge < -0.3 is 14.2 Å². The zero-order chi connectivity index (χ0) is 15.0. The van der Waals surface area contributed by atoms with E-state index in [2.05, 4.69) is 23.8 Å². The second-order valence-electron chi connectivity index (χ2n) is 5.62. The number of nitrogens with zero attached hydrogens (tertiary/aromatic N) is 4. The highest BCUT2D eigenvalue weighted by Crippen LogP contribution is 2.22. The van der Waals surface area contributed by atoms with E-state index in [1.165, 1.54) is 0 Å². The molecule has 2 aromatic heterocycles. The van der Waals surface area contributed by atoms with Crippen LogP contribution < -0.4 is 0 Å². The third-order valence-corrected chi connectivity index (χ3v) is 3.85. The van der Waals surface area contributed by atoms with E-state index in [9.17, 15) is 5.11 Å². The summed E-state index contributed by atoms with van der Waals surface area (Å²) in [7, 11) is 1.98. The number of hydrogen-bond donors (Lipinski definition) is 1. The van der Waals surface area contributed by atoms with Gasteiger partial charge in [-0.05, 0) is 26.0 Å². The largest absolute Gasteiger partial charge is 0.386 e. The van der Waals surface area contributed by atoms with E-state index in [4.69, 9.17) is 0 Å². The zero-order valence-corrected chi connectivity index (χ0v) is 12.6. The number of aliphatic hydroxyl groups excluding tert-OH is 1. The van der Waals surface area contributed by atoms with Crippen molar-refractivity contribution in [2.24, 2.45) is 7.05 Å². The minimum Gasteiger partial charge on any atom is -0.386 e. The van der Waals surface area contributed by atoms with Gasteiger partial charge in [-0.25, -0.2) is 9.97 Å². The van der Waals surface area contributed by atoms with E-state index in [1.54, 1.807) is 12.5 Å². The molecule has 0 aliphatic heterocycles. The highest BCUT2D eigenvalue weighted by Gasteiger charge is 2.18. The molecule has 1 aromatic carbocycles. The Kier molecular flexibility index (Phi) is 3.51. The van der Waals surface area contributed by atoms with Gasteiger partial charge in [0.1, 0.15) is 11.9 Å². The van der Waals surface area contributed by atoms with E-state index in [0.29, 0.717) is 6.42 Å². The van der Waals surface area contributed by atoms with Gasteiger partial charge in [0.05, 0.1) is 29.3 Å². The van der Waals surface area contributed by atoms with Crippen LogP contribution in [0.25, 0.3) is 11.0 Å². The lowest BCUT2D eigenvalue weighted by Crippen LogP contribution is -2.13. The van der Waals surface area contributed by atoms with Crippen molar-refractivity contribution in [2.75, 3.05) is 0 Å². The maximum Gasteiger partial charge on any atom is 0.112 e. The van der Waals surface area contributed by atoms with Crippen LogP contribution in [0.1, 0.15) is 37.5 Å². The summed E-state index contributed by atoms with van der Waals surface area (Å²) in [5.41, 5.74) is 2.87. The number of para-hydroxylation sites is 2. The Hall–Kier alpha value is -2.14. The Labute approximate surface area is 123 Å². The van der Waals surface area contributed by atoms with Gasteiger partial charge >= 0.3 is 0 Å². The lowest BCUT2D eigenvalue weighted by Gasteiger charge is -2.16. The van der Waals surface area contributed by atoms with Crippen LogP contribution in [-0.2, 0) is 13.5 Å². The maximum absolute atomic E-state index is 10.5. The standard InChI is InChI=1S/C16H20N4O/c1-11(2)20-10-17-9-14(20)15(21)8-16-18-12-6-4-5-7-13(12)19(16)3/h4-7,9-11,15,21H,8H2,1-3H3. The zero-order valence-electron chi connectivity index (χ0n) is 12.6. The Morgan fingerprint density at radius 3 is 2.71 bits per heavy atom. The van der Waals surface area contributed by atoms with Crippen LogP contribution in [0.15, 0.2) is 36.8 Å². The van der Waals surface area contributed by atoms with Gasteiger partial charge in [0.25, 0.3) is 0 Å². The van der Waals surface area contributed by atoms with Gasteiger partial charge in [-0.2, -0.15) is 0 Å². The van der Waals surface area contributed by atoms with Crippen LogP contribution in [0.3, 0.4) is 0 Å². The molecule has 2 heterocycles. The summed E-state index contributed by atoms with van der Waals surface area (Å²) in [6.45, 7) is 4.15. The minimum absolute atomic E-state index is 0.276. The summed E-state index contributed by atoms with van der Waals surface area (Å²) >= 11 is 0. The predicted octanol–water partition coefficient (Wildman–Crippen LogP) is 2.63. The molecular weight excluding hydrogens is 264 g/mol. The molecule has 3 aromatic rings. The molecule has 1 N–H and O–H groups in total. The number of imidazole rings is 2. The van der Waals surface area contributed by atoms with Crippen molar-refractivity contribution in [3.63, 3.8) is 0 Å². The number of aliphatic hydroxyl groups is 1. The smallest absolute Gasteiger partial charge is 0.112 e. The van der Waals surface area contributed by atoms with Gasteiger partial charge in [-0.15, -0.1) is 0 Å². The van der Waals surface area contributed by atoms with Crippen LogP contribution in [0.2, 0.25) is 0 Å². The van der Waals surface area contributed by atoms with Crippen molar-refractivity contribution < 1.29 is 5.11 Å². The third-order valence-electron chi connectivity index (χ3n) is 3.85. The van der Waals surface area contributed by atoms with Crippen molar-refractivity contribution in [2.45, 2.75) is 32.4 Å². The minimum atomic E-state index is -0.606. The van der Waals surface area contributed by atoms with Crippen LogP contribution in [-0.4, -0.2) is 24.2 Å². The number of rotatable bonds is 4. The van der Waals surface area contributed by atoms with Crippen molar-refractivity contribution >= 4 is 11.0 Å². The van der Waals surface area contributed by atoms with Crippen molar-refractivity contribution in [1.82, 2.24) is 19.1 Å². The van der Waals surface area contributed by atoms with E-state index in [-0.39, 0.29) is 6.04 Å². The van der Waals surface area contributed by atoms with Crippen LogP contribution in [0.4, 0.5) is 0 Å². The average molecular weight is 284 g/mol. The fourth-order valence-corrected chi connectivity index (χ4v) is 2.66. The van der Waals surface area contributed by atoms with Crippen LogP contribution in [0.5, 0.6) is 0 Å². The fraction of sp³-hybridized carbons (Fsp3) is 0.375. The van der Waals surface area contributed by atoms with Gasteiger partial charge in [0.15, 0.2) is 0 Å². The first-order valence-electron chi connectivity index (χ1n) is 7.18. The van der Waals surface area contributed by atoms with Crippen molar-refractivity contribution in [3.05, 3.63) is 48.3 Å². The summed E-state index contributed by atoms with van der Waals surface area (Å²) < 4.78 is 4.03. The fourth-order valence-electron chi connectivity index (χ4n) is 2.66. The van der Waals surface area contributed by atoms with Gasteiger partial charge in [0.2, 0.25) is 0 Å². The topological polar surface area (TPSA) is 55.9 Å². The highest BCUT2D eigenvalue weighted by atomic mass is 16.3. The molecule has 0 radical (unpaired) electrons. The number of fused-ring (bicyclic) bond motifs is 1. The second-order valence-corrected chi connectivity index (χ2v) is 5.62. The molecule has 5 heteroatoms. The monoisotopic (exact) mass is 284 g/mol. The average Bonchev–Trinajstić information content (AvgIpc) is 3.05. The normalized spacial score (nSPS) is 13.2. The molecule has 0 saturated heterocycles. The number of aryl methyl sites for hydroxylation is 1. The quantitative estimate of drug-likeness (QED) is 0.801. The molecule has 1 atom stereocenters. The van der Waals surface area contributed by atoms with Gasteiger partial charge in [-0.1, -0.05) is 12.1 Å². The SMILES string of the molecule is CC(C)n1cncc1C(O)Cc1nc2ccccc2n1C. The Morgan fingerprint density at radius 1 is 1.24 bits per heavy atom.